The van der Waals surface area contributed by atoms with Crippen LogP contribution in [0.15, 0.2) is 30.6 Å². The number of hydrogen-bond donors (Lipinski definition) is 1. The van der Waals surface area contributed by atoms with Gasteiger partial charge >= 0.3 is 5.97 Å². The van der Waals surface area contributed by atoms with Crippen LogP contribution in [-0.4, -0.2) is 34.6 Å². The lowest BCUT2D eigenvalue weighted by molar-refractivity contribution is 0.0691. The molecule has 0 aliphatic carbocycles. The highest BCUT2D eigenvalue weighted by Gasteiger charge is 2.16. The van der Waals surface area contributed by atoms with Crippen LogP contribution >= 0.6 is 0 Å². The van der Waals surface area contributed by atoms with Gasteiger partial charge in [-0.2, -0.15) is 5.10 Å². The van der Waals surface area contributed by atoms with Gasteiger partial charge in [0.05, 0.1) is 19.9 Å². The monoisotopic (exact) mass is 276 g/mol. The van der Waals surface area contributed by atoms with Gasteiger partial charge in [0.1, 0.15) is 5.56 Å². The summed E-state index contributed by atoms with van der Waals surface area (Å²) >= 11 is 0. The molecule has 2 aromatic rings. The van der Waals surface area contributed by atoms with Crippen molar-refractivity contribution in [2.24, 2.45) is 7.05 Å². The smallest absolute Gasteiger partial charge is 0.339 e. The molecule has 0 saturated carbocycles. The van der Waals surface area contributed by atoms with E-state index in [9.17, 15) is 4.79 Å². The second-order valence-electron chi connectivity index (χ2n) is 4.26. The lowest BCUT2D eigenvalue weighted by Gasteiger charge is -2.12. The molecule has 1 heterocycles. The summed E-state index contributed by atoms with van der Waals surface area (Å²) < 4.78 is 12.4. The number of para-hydroxylation sites is 1. The number of aromatic nitrogens is 2. The first-order chi connectivity index (χ1) is 9.61. The second kappa shape index (κ2) is 6.10. The molecule has 0 unspecified atom stereocenters. The molecule has 6 heteroatoms. The molecular formula is C14H16N2O4. The zero-order valence-electron chi connectivity index (χ0n) is 11.4. The van der Waals surface area contributed by atoms with Gasteiger partial charge in [0.2, 0.25) is 0 Å². The summed E-state index contributed by atoms with van der Waals surface area (Å²) in [4.78, 5) is 11.2. The van der Waals surface area contributed by atoms with Crippen molar-refractivity contribution >= 4 is 5.97 Å². The molecule has 0 aliphatic heterocycles. The number of hydrogen-bond acceptors (Lipinski definition) is 4. The van der Waals surface area contributed by atoms with Crippen LogP contribution in [0.1, 0.15) is 15.9 Å². The number of nitrogens with zero attached hydrogens (tertiary/aromatic N) is 2. The number of aromatic carboxylic acids is 1. The van der Waals surface area contributed by atoms with E-state index in [1.165, 1.54) is 13.2 Å². The van der Waals surface area contributed by atoms with E-state index in [1.807, 2.05) is 13.2 Å². The van der Waals surface area contributed by atoms with Gasteiger partial charge in [0, 0.05) is 19.7 Å². The Morgan fingerprint density at radius 3 is 2.85 bits per heavy atom. The molecule has 2 rings (SSSR count). The van der Waals surface area contributed by atoms with Gasteiger partial charge in [0.25, 0.3) is 0 Å². The average Bonchev–Trinajstić information content (AvgIpc) is 2.84. The van der Waals surface area contributed by atoms with Crippen molar-refractivity contribution in [3.8, 4) is 11.5 Å². The van der Waals surface area contributed by atoms with Crippen LogP contribution in [0.3, 0.4) is 0 Å². The third-order valence-corrected chi connectivity index (χ3v) is 2.82. The van der Waals surface area contributed by atoms with Gasteiger partial charge in [-0.1, -0.05) is 6.07 Å². The molecule has 0 aliphatic rings. The van der Waals surface area contributed by atoms with Crippen LogP contribution in [0.2, 0.25) is 0 Å². The molecule has 0 saturated heterocycles. The van der Waals surface area contributed by atoms with Gasteiger partial charge in [-0.25, -0.2) is 4.79 Å². The number of methoxy groups -OCH3 is 1. The lowest BCUT2D eigenvalue weighted by atomic mass is 10.2. The predicted octanol–water partition coefficient (Wildman–Crippen LogP) is 1.75. The summed E-state index contributed by atoms with van der Waals surface area (Å²) in [6.07, 6.45) is 4.29. The molecule has 0 bridgehead atoms. The van der Waals surface area contributed by atoms with Crippen LogP contribution in [0.5, 0.6) is 11.5 Å². The molecule has 0 amide bonds. The van der Waals surface area contributed by atoms with E-state index < -0.39 is 5.97 Å². The first-order valence-electron chi connectivity index (χ1n) is 6.12. The SMILES string of the molecule is COc1cccc(C(=O)O)c1OCCc1cnn(C)c1. The molecule has 6 nitrogen and oxygen atoms in total. The molecule has 20 heavy (non-hydrogen) atoms. The van der Waals surface area contributed by atoms with E-state index in [4.69, 9.17) is 14.6 Å². The minimum atomic E-state index is -1.04. The second-order valence-corrected chi connectivity index (χ2v) is 4.26. The Labute approximate surface area is 116 Å². The Balaban J connectivity index is 2.09. The molecule has 0 fully saturated rings. The standard InChI is InChI=1S/C14H16N2O4/c1-16-9-10(8-15-16)6-7-20-13-11(14(17)18)4-3-5-12(13)19-2/h3-5,8-9H,6-7H2,1-2H3,(H,17,18). The Kier molecular flexibility index (Phi) is 4.24. The molecule has 0 radical (unpaired) electrons. The highest BCUT2D eigenvalue weighted by Crippen LogP contribution is 2.31. The van der Waals surface area contributed by atoms with Crippen LogP contribution in [0.25, 0.3) is 0 Å². The number of ether oxygens (including phenoxy) is 2. The number of benzene rings is 1. The molecule has 1 N–H and O–H groups in total. The number of carboxylic acid groups (broad SMARTS) is 1. The summed E-state index contributed by atoms with van der Waals surface area (Å²) in [5, 5.41) is 13.2. The summed E-state index contributed by atoms with van der Waals surface area (Å²) in [6.45, 7) is 0.354. The predicted molar refractivity (Wildman–Crippen MR) is 72.4 cm³/mol. The maximum absolute atomic E-state index is 11.2. The van der Waals surface area contributed by atoms with E-state index in [0.717, 1.165) is 5.56 Å². The van der Waals surface area contributed by atoms with Gasteiger partial charge in [-0.3, -0.25) is 4.68 Å². The van der Waals surface area contributed by atoms with Crippen molar-refractivity contribution in [1.29, 1.82) is 0 Å². The quantitative estimate of drug-likeness (QED) is 0.870. The summed E-state index contributed by atoms with van der Waals surface area (Å²) in [7, 11) is 3.32. The van der Waals surface area contributed by atoms with Gasteiger partial charge in [0.15, 0.2) is 11.5 Å². The number of carbonyl (C=O) groups is 1. The van der Waals surface area contributed by atoms with E-state index in [0.29, 0.717) is 18.8 Å². The van der Waals surface area contributed by atoms with Crippen molar-refractivity contribution < 1.29 is 19.4 Å². The minimum absolute atomic E-state index is 0.0931. The van der Waals surface area contributed by atoms with Gasteiger partial charge in [-0.15, -0.1) is 0 Å². The third kappa shape index (κ3) is 3.09. The van der Waals surface area contributed by atoms with Gasteiger partial charge in [-0.05, 0) is 17.7 Å². The zero-order valence-corrected chi connectivity index (χ0v) is 11.4. The van der Waals surface area contributed by atoms with E-state index in [1.54, 1.807) is 23.0 Å². The minimum Gasteiger partial charge on any atom is -0.493 e. The molecule has 0 spiro atoms. The Morgan fingerprint density at radius 1 is 1.45 bits per heavy atom. The van der Waals surface area contributed by atoms with E-state index in [-0.39, 0.29) is 11.3 Å². The first kappa shape index (κ1) is 13.9. The molecule has 1 aromatic heterocycles. The average molecular weight is 276 g/mol. The highest BCUT2D eigenvalue weighted by molar-refractivity contribution is 5.92. The van der Waals surface area contributed by atoms with Crippen LogP contribution in [-0.2, 0) is 13.5 Å². The fourth-order valence-electron chi connectivity index (χ4n) is 1.87. The summed E-state index contributed by atoms with van der Waals surface area (Å²) in [6, 6.07) is 4.78. The van der Waals surface area contributed by atoms with Crippen molar-refractivity contribution in [2.45, 2.75) is 6.42 Å². The van der Waals surface area contributed by atoms with Crippen molar-refractivity contribution in [3.05, 3.63) is 41.7 Å². The van der Waals surface area contributed by atoms with Crippen LogP contribution in [0, 0.1) is 0 Å². The third-order valence-electron chi connectivity index (χ3n) is 2.82. The fraction of sp³-hybridized carbons (Fsp3) is 0.286. The molecular weight excluding hydrogens is 260 g/mol. The highest BCUT2D eigenvalue weighted by atomic mass is 16.5. The number of aryl methyl sites for hydroxylation is 1. The zero-order chi connectivity index (χ0) is 14.5. The maximum atomic E-state index is 11.2. The molecule has 1 aromatic carbocycles. The maximum Gasteiger partial charge on any atom is 0.339 e. The normalized spacial score (nSPS) is 10.3. The van der Waals surface area contributed by atoms with E-state index in [2.05, 4.69) is 5.10 Å². The first-order valence-corrected chi connectivity index (χ1v) is 6.12. The molecule has 0 atom stereocenters. The van der Waals surface area contributed by atoms with E-state index >= 15 is 0 Å². The Morgan fingerprint density at radius 2 is 2.25 bits per heavy atom. The topological polar surface area (TPSA) is 73.6 Å². The Hall–Kier alpha value is -2.50. The van der Waals surface area contributed by atoms with Crippen molar-refractivity contribution in [1.82, 2.24) is 9.78 Å². The van der Waals surface area contributed by atoms with Gasteiger partial charge < -0.3 is 14.6 Å². The van der Waals surface area contributed by atoms with Crippen LogP contribution in [0.4, 0.5) is 0 Å². The molecule has 106 valence electrons. The Bertz CT molecular complexity index is 607. The fourth-order valence-corrected chi connectivity index (χ4v) is 1.87. The van der Waals surface area contributed by atoms with Crippen molar-refractivity contribution in [3.63, 3.8) is 0 Å². The summed E-state index contributed by atoms with van der Waals surface area (Å²) in [5.74, 6) is -0.372. The van der Waals surface area contributed by atoms with Crippen LogP contribution < -0.4 is 9.47 Å². The lowest BCUT2D eigenvalue weighted by Crippen LogP contribution is -2.07. The van der Waals surface area contributed by atoms with Crippen molar-refractivity contribution in [2.75, 3.05) is 13.7 Å². The summed E-state index contributed by atoms with van der Waals surface area (Å²) in [5.41, 5.74) is 1.12. The number of carboxylic acids is 1. The number of rotatable bonds is 6. The largest absolute Gasteiger partial charge is 0.493 e.